The van der Waals surface area contributed by atoms with Crippen molar-refractivity contribution in [2.45, 2.75) is 19.9 Å². The number of aliphatic hydroxyl groups is 1. The number of fused-ring (bicyclic) bond motifs is 2. The van der Waals surface area contributed by atoms with E-state index in [9.17, 15) is 0 Å². The standard InChI is InChI=1S/C21H24N6O2/c1-13-3-2-4-17-20(13)26-19(27(17)7-9-29-10-8-28)12-18-24-15-6-5-14(21(22)23)11-16(15)25-18/h2-6,11,28H,7-10,12H2,1H3,(H3,22,23)(H,24,25). The first-order valence-corrected chi connectivity index (χ1v) is 9.53. The van der Waals surface area contributed by atoms with Gasteiger partial charge in [-0.15, -0.1) is 0 Å². The molecular formula is C21H24N6O2. The van der Waals surface area contributed by atoms with Gasteiger partial charge in [0.25, 0.3) is 0 Å². The van der Waals surface area contributed by atoms with E-state index in [1.165, 1.54) is 0 Å². The van der Waals surface area contributed by atoms with Crippen LogP contribution >= 0.6 is 0 Å². The highest BCUT2D eigenvalue weighted by atomic mass is 16.5. The van der Waals surface area contributed by atoms with E-state index < -0.39 is 0 Å². The van der Waals surface area contributed by atoms with Crippen molar-refractivity contribution in [2.75, 3.05) is 19.8 Å². The molecule has 0 aliphatic rings. The second kappa shape index (κ2) is 8.02. The molecule has 4 rings (SSSR count). The molecule has 8 nitrogen and oxygen atoms in total. The summed E-state index contributed by atoms with van der Waals surface area (Å²) in [6, 6.07) is 11.6. The van der Waals surface area contributed by atoms with E-state index in [2.05, 4.69) is 33.6 Å². The van der Waals surface area contributed by atoms with E-state index in [1.807, 2.05) is 24.3 Å². The molecule has 0 aliphatic heterocycles. The maximum atomic E-state index is 8.93. The van der Waals surface area contributed by atoms with Crippen molar-refractivity contribution in [3.63, 3.8) is 0 Å². The summed E-state index contributed by atoms with van der Waals surface area (Å²) in [6.07, 6.45) is 0.540. The van der Waals surface area contributed by atoms with Crippen molar-refractivity contribution >= 4 is 27.9 Å². The third-order valence-corrected chi connectivity index (χ3v) is 4.92. The van der Waals surface area contributed by atoms with Crippen LogP contribution in [-0.2, 0) is 17.7 Å². The Labute approximate surface area is 167 Å². The third kappa shape index (κ3) is 3.85. The Morgan fingerprint density at radius 3 is 2.90 bits per heavy atom. The van der Waals surface area contributed by atoms with Gasteiger partial charge in [-0.2, -0.15) is 0 Å². The van der Waals surface area contributed by atoms with Gasteiger partial charge in [-0.1, -0.05) is 12.1 Å². The summed E-state index contributed by atoms with van der Waals surface area (Å²) < 4.78 is 7.62. The highest BCUT2D eigenvalue weighted by Crippen LogP contribution is 2.22. The Balaban J connectivity index is 1.68. The van der Waals surface area contributed by atoms with Gasteiger partial charge in [-0.05, 0) is 36.8 Å². The van der Waals surface area contributed by atoms with Gasteiger partial charge in [-0.25, -0.2) is 9.97 Å². The summed E-state index contributed by atoms with van der Waals surface area (Å²) in [5.74, 6) is 1.72. The molecule has 2 aromatic carbocycles. The van der Waals surface area contributed by atoms with Crippen LogP contribution in [0.5, 0.6) is 0 Å². The SMILES string of the molecule is Cc1cccc2c1nc(Cc1nc3cc(C(=N)N)ccc3[nH]1)n2CCOCCO. The molecule has 2 aromatic heterocycles. The molecule has 150 valence electrons. The van der Waals surface area contributed by atoms with Crippen LogP contribution in [0.1, 0.15) is 22.8 Å². The van der Waals surface area contributed by atoms with Gasteiger partial charge < -0.3 is 25.1 Å². The number of hydrogen-bond donors (Lipinski definition) is 4. The largest absolute Gasteiger partial charge is 0.394 e. The number of aryl methyl sites for hydroxylation is 1. The first kappa shape index (κ1) is 19.1. The summed E-state index contributed by atoms with van der Waals surface area (Å²) in [5.41, 5.74) is 11.1. The Hall–Kier alpha value is -3.23. The molecule has 4 aromatic rings. The molecule has 0 amide bonds. The number of nitrogens with one attached hydrogen (secondary N) is 2. The lowest BCUT2D eigenvalue weighted by Gasteiger charge is -2.09. The number of rotatable bonds is 8. The predicted molar refractivity (Wildman–Crippen MR) is 112 cm³/mol. The minimum atomic E-state index is 0.0118. The molecule has 0 fully saturated rings. The second-order valence-electron chi connectivity index (χ2n) is 6.96. The van der Waals surface area contributed by atoms with Crippen LogP contribution in [0.15, 0.2) is 36.4 Å². The Morgan fingerprint density at radius 2 is 2.10 bits per heavy atom. The fraction of sp³-hybridized carbons (Fsp3) is 0.286. The molecule has 2 heterocycles. The summed E-state index contributed by atoms with van der Waals surface area (Å²) in [7, 11) is 0. The van der Waals surface area contributed by atoms with E-state index in [4.69, 9.17) is 26.0 Å². The van der Waals surface area contributed by atoms with Crippen LogP contribution in [0.25, 0.3) is 22.1 Å². The number of nitrogen functional groups attached to an aromatic ring is 1. The van der Waals surface area contributed by atoms with Crippen molar-refractivity contribution in [2.24, 2.45) is 5.73 Å². The lowest BCUT2D eigenvalue weighted by atomic mass is 10.2. The van der Waals surface area contributed by atoms with Gasteiger partial charge in [0.05, 0.1) is 48.3 Å². The fourth-order valence-electron chi connectivity index (χ4n) is 3.50. The lowest BCUT2D eigenvalue weighted by Crippen LogP contribution is -2.11. The average molecular weight is 392 g/mol. The highest BCUT2D eigenvalue weighted by Gasteiger charge is 2.15. The predicted octanol–water partition coefficient (Wildman–Crippen LogP) is 2.10. The number of aliphatic hydroxyl groups excluding tert-OH is 1. The molecule has 5 N–H and O–H groups in total. The zero-order chi connectivity index (χ0) is 20.4. The van der Waals surface area contributed by atoms with E-state index in [-0.39, 0.29) is 12.4 Å². The maximum Gasteiger partial charge on any atom is 0.122 e. The monoisotopic (exact) mass is 392 g/mol. The number of nitrogens with zero attached hydrogens (tertiary/aromatic N) is 3. The lowest BCUT2D eigenvalue weighted by molar-refractivity contribution is 0.0871. The van der Waals surface area contributed by atoms with Gasteiger partial charge in [0.1, 0.15) is 17.5 Å². The Kier molecular flexibility index (Phi) is 5.28. The molecule has 0 saturated heterocycles. The van der Waals surface area contributed by atoms with E-state index in [0.29, 0.717) is 31.7 Å². The molecule has 0 radical (unpaired) electrons. The minimum Gasteiger partial charge on any atom is -0.394 e. The molecule has 0 aliphatic carbocycles. The number of benzene rings is 2. The summed E-state index contributed by atoms with van der Waals surface area (Å²) in [6.45, 7) is 3.52. The van der Waals surface area contributed by atoms with Gasteiger partial charge in [0.15, 0.2) is 0 Å². The molecule has 0 bridgehead atoms. The van der Waals surface area contributed by atoms with Crippen LogP contribution in [0.3, 0.4) is 0 Å². The number of para-hydroxylation sites is 1. The van der Waals surface area contributed by atoms with E-state index in [1.54, 1.807) is 0 Å². The number of hydrogen-bond acceptors (Lipinski definition) is 5. The van der Waals surface area contributed by atoms with Crippen LogP contribution in [0.2, 0.25) is 0 Å². The van der Waals surface area contributed by atoms with Gasteiger partial charge in [-0.3, -0.25) is 5.41 Å². The Bertz CT molecular complexity index is 1180. The van der Waals surface area contributed by atoms with Crippen molar-refractivity contribution in [3.8, 4) is 0 Å². The smallest absolute Gasteiger partial charge is 0.122 e. The third-order valence-electron chi connectivity index (χ3n) is 4.92. The van der Waals surface area contributed by atoms with Crippen molar-refractivity contribution < 1.29 is 9.84 Å². The number of nitrogens with two attached hydrogens (primary N) is 1. The number of aromatic amines is 1. The topological polar surface area (TPSA) is 126 Å². The molecule has 0 unspecified atom stereocenters. The molecule has 0 saturated carbocycles. The van der Waals surface area contributed by atoms with E-state index >= 15 is 0 Å². The molecule has 0 atom stereocenters. The average Bonchev–Trinajstić information content (AvgIpc) is 3.26. The quantitative estimate of drug-likeness (QED) is 0.208. The Morgan fingerprint density at radius 1 is 1.24 bits per heavy atom. The first-order valence-electron chi connectivity index (χ1n) is 9.53. The normalized spacial score (nSPS) is 11.5. The van der Waals surface area contributed by atoms with Gasteiger partial charge >= 0.3 is 0 Å². The second-order valence-corrected chi connectivity index (χ2v) is 6.96. The van der Waals surface area contributed by atoms with Crippen LogP contribution in [0.4, 0.5) is 0 Å². The molecule has 0 spiro atoms. The first-order chi connectivity index (χ1) is 14.1. The molecule has 29 heavy (non-hydrogen) atoms. The zero-order valence-corrected chi connectivity index (χ0v) is 16.3. The van der Waals surface area contributed by atoms with Crippen LogP contribution in [0, 0.1) is 12.3 Å². The number of imidazole rings is 2. The van der Waals surface area contributed by atoms with Crippen molar-refractivity contribution in [3.05, 3.63) is 59.2 Å². The van der Waals surface area contributed by atoms with Gasteiger partial charge in [0.2, 0.25) is 0 Å². The molecule has 8 heteroatoms. The van der Waals surface area contributed by atoms with Gasteiger partial charge in [0, 0.05) is 12.1 Å². The maximum absolute atomic E-state index is 8.93. The van der Waals surface area contributed by atoms with Crippen LogP contribution in [-0.4, -0.2) is 50.3 Å². The fourth-order valence-corrected chi connectivity index (χ4v) is 3.50. The minimum absolute atomic E-state index is 0.0118. The number of aromatic nitrogens is 4. The number of ether oxygens (including phenoxy) is 1. The molecular weight excluding hydrogens is 368 g/mol. The van der Waals surface area contributed by atoms with Crippen LogP contribution < -0.4 is 5.73 Å². The number of amidine groups is 1. The number of H-pyrrole nitrogens is 1. The zero-order valence-electron chi connectivity index (χ0n) is 16.3. The van der Waals surface area contributed by atoms with E-state index in [0.717, 1.165) is 39.3 Å². The summed E-state index contributed by atoms with van der Waals surface area (Å²) in [5, 5.41) is 16.5. The summed E-state index contributed by atoms with van der Waals surface area (Å²) >= 11 is 0. The highest BCUT2D eigenvalue weighted by molar-refractivity contribution is 5.97. The van der Waals surface area contributed by atoms with Crippen molar-refractivity contribution in [1.29, 1.82) is 5.41 Å². The summed E-state index contributed by atoms with van der Waals surface area (Å²) in [4.78, 5) is 12.9. The van der Waals surface area contributed by atoms with Crippen molar-refractivity contribution in [1.82, 2.24) is 19.5 Å².